The number of ketones is 3. The molecule has 0 spiro atoms. The number of nitrogens with one attached hydrogen (secondary N) is 3. The Morgan fingerprint density at radius 3 is 1.63 bits per heavy atom. The smallest absolute Gasteiger partial charge is 0.329 e. The summed E-state index contributed by atoms with van der Waals surface area (Å²) in [5.74, 6) is -17.7. The van der Waals surface area contributed by atoms with Crippen molar-refractivity contribution >= 4 is 88.3 Å². The Morgan fingerprint density at radius 2 is 1.10 bits per heavy atom. The van der Waals surface area contributed by atoms with Crippen LogP contribution in [0.3, 0.4) is 0 Å². The number of nitrogens with zero attached hydrogens (tertiary/aromatic N) is 8. The van der Waals surface area contributed by atoms with E-state index in [9.17, 15) is 82.8 Å². The second-order valence-electron chi connectivity index (χ2n) is 43.7. The number of amides is 11. The third kappa shape index (κ3) is 34.2. The molecule has 4 heterocycles. The zero-order chi connectivity index (χ0) is 108. The molecule has 7 N–H and O–H groups in total. The first-order valence-electron chi connectivity index (χ1n) is 51.7. The van der Waals surface area contributed by atoms with Gasteiger partial charge in [-0.1, -0.05) is 154 Å². The summed E-state index contributed by atoms with van der Waals surface area (Å²) >= 11 is 0. The Labute approximate surface area is 847 Å². The number of hydrogen-bond acceptors (Lipinski definition) is 24. The van der Waals surface area contributed by atoms with Gasteiger partial charge in [0.25, 0.3) is 11.7 Å². The van der Waals surface area contributed by atoms with Crippen molar-refractivity contribution in [2.24, 2.45) is 76.9 Å². The fourth-order valence-electron chi connectivity index (χ4n) is 20.4. The second-order valence-corrected chi connectivity index (χ2v) is 43.7. The van der Waals surface area contributed by atoms with Crippen LogP contribution in [0.25, 0.3) is 0 Å². The molecule has 0 aromatic heterocycles. The van der Waals surface area contributed by atoms with Gasteiger partial charge in [-0.15, -0.1) is 6.58 Å². The molecule has 26 atom stereocenters. The summed E-state index contributed by atoms with van der Waals surface area (Å²) in [4.78, 5) is 227. The van der Waals surface area contributed by atoms with Gasteiger partial charge in [0.05, 0.1) is 49.2 Å². The molecule has 808 valence electrons. The molecule has 0 aromatic carbocycles. The van der Waals surface area contributed by atoms with Crippen molar-refractivity contribution in [1.29, 1.82) is 0 Å². The molecule has 142 heavy (non-hydrogen) atoms. The normalized spacial score (nSPS) is 32.6. The lowest BCUT2D eigenvalue weighted by molar-refractivity contribution is -0.302. The summed E-state index contributed by atoms with van der Waals surface area (Å²) < 4.78 is 29.7. The molecule has 5 rings (SSSR count). The summed E-state index contributed by atoms with van der Waals surface area (Å²) in [5, 5.41) is 54.4. The molecule has 4 fully saturated rings. The van der Waals surface area contributed by atoms with Crippen LogP contribution >= 0.6 is 0 Å². The van der Waals surface area contributed by atoms with E-state index in [1.807, 2.05) is 94.4 Å². The molecule has 1 aliphatic carbocycles. The predicted molar refractivity (Wildman–Crippen MR) is 542 cm³/mol. The largest absolute Gasteiger partial charge is 0.456 e. The predicted octanol–water partition coefficient (Wildman–Crippen LogP) is 9.00. The molecule has 3 saturated heterocycles. The minimum absolute atomic E-state index is 0.00988. The number of aliphatic hydroxyl groups is 4. The fraction of sp³-hybridized carbons (Fsp3) is 0.785. The molecular formula is C107H181N11O24. The van der Waals surface area contributed by atoms with Gasteiger partial charge < -0.3 is 99.3 Å². The Bertz CT molecular complexity index is 4320. The summed E-state index contributed by atoms with van der Waals surface area (Å²) in [6, 6.07) is -12.1. The van der Waals surface area contributed by atoms with Crippen molar-refractivity contribution in [1.82, 2.24) is 55.1 Å². The maximum absolute atomic E-state index is 15.1. The number of esters is 1. The molecule has 0 radical (unpaired) electrons. The standard InChI is InChI=1S/C63H112N10O12.C44H69NO12/c1-25-27-28-41(15)54(76)53-57(79)66-45(26-2)60(82)67(18)34-51(75)68(19)46(29-35(3)4)50(74)33-44(39(11)12)59(81)69(20)47(30-36(5)6)56(78)64-42(16)55(77)65-43(17)58(80)70(21)48(31-37(7)8)61(83)71(22)49(32-38(9)10)62(84)72(23)52(40(13)14)63(85)73(53)24;1-10-13-31-19-25(2)18-26(3)20-37(54-8)40-38(55-9)22-28(5)44(52,57-40)41(49)42(50)45-17-12-11-14-32(45)43(51)56-39(29(6)34(47)24-35(31)48)27(4)21-30-15-16-33(46)36(23-30)53-7/h25,27,35-49,52-54,76H,26,28-34H2,1-24H3,(H,64,78)(H,65,77)(H,66,79);10,19,21,26,28-34,36-40,46-47,52H,1,11-18,20,22-24H2,2-9H3/b27-25+;25-19+,27-21+/t41-,42+,43-,44+,45+,46+,47+,48+,49+,52?,53+,54-;26-,28+,29+,30-,31?,32-,33+,34?,36+,37-,38-,39?,40?,44+/m10/s1. The second kappa shape index (κ2) is 58.0. The van der Waals surface area contributed by atoms with E-state index in [2.05, 4.69) is 22.5 Å². The van der Waals surface area contributed by atoms with Crippen LogP contribution in [0.2, 0.25) is 0 Å². The molecule has 11 amide bonds. The topological polar surface area (TPSA) is 445 Å². The number of hydrogen-bond donors (Lipinski definition) is 7. The van der Waals surface area contributed by atoms with Gasteiger partial charge in [0.15, 0.2) is 5.78 Å². The van der Waals surface area contributed by atoms with Crippen LogP contribution in [-0.4, -0.2) is 347 Å². The van der Waals surface area contributed by atoms with Crippen molar-refractivity contribution < 1.29 is 116 Å². The maximum atomic E-state index is 15.1. The highest BCUT2D eigenvalue weighted by Gasteiger charge is 2.58. The van der Waals surface area contributed by atoms with Gasteiger partial charge in [-0.25, -0.2) is 4.79 Å². The van der Waals surface area contributed by atoms with E-state index in [0.29, 0.717) is 63.4 Å². The van der Waals surface area contributed by atoms with Gasteiger partial charge in [-0.05, 0) is 196 Å². The minimum Gasteiger partial charge on any atom is -0.456 e. The van der Waals surface area contributed by atoms with E-state index < -0.39 is 239 Å². The van der Waals surface area contributed by atoms with E-state index >= 15 is 9.59 Å². The Kier molecular flexibility index (Phi) is 51.3. The first-order valence-corrected chi connectivity index (χ1v) is 51.7. The molecule has 35 nitrogen and oxygen atoms in total. The highest BCUT2D eigenvalue weighted by atomic mass is 16.7. The van der Waals surface area contributed by atoms with Gasteiger partial charge in [-0.3, -0.25) is 67.1 Å². The number of Topliss-reactive ketones (excluding diaryl/α,β-unsaturated/α-hetero) is 3. The average molecular weight is 2010 g/mol. The molecule has 1 saturated carbocycles. The minimum atomic E-state index is -2.51. The van der Waals surface area contributed by atoms with Gasteiger partial charge in [-0.2, -0.15) is 0 Å². The monoisotopic (exact) mass is 2000 g/mol. The number of likely N-dealkylation sites (N-methyl/N-ethyl adjacent to an activating group) is 7. The van der Waals surface area contributed by atoms with Crippen LogP contribution in [-0.2, 0) is 95.6 Å². The van der Waals surface area contributed by atoms with Crippen molar-refractivity contribution in [3.05, 3.63) is 48.1 Å². The fourth-order valence-corrected chi connectivity index (χ4v) is 20.4. The molecular weight excluding hydrogens is 1820 g/mol. The number of fused-ring (bicyclic) bond motifs is 3. The number of methoxy groups -OCH3 is 3. The summed E-state index contributed by atoms with van der Waals surface area (Å²) in [7, 11) is 14.6. The molecule has 5 aliphatic rings. The zero-order valence-electron chi connectivity index (χ0n) is 91.7. The highest BCUT2D eigenvalue weighted by Crippen LogP contribution is 2.41. The number of piperidine rings is 1. The first-order chi connectivity index (χ1) is 66.2. The Balaban J connectivity index is 0.000000637. The van der Waals surface area contributed by atoms with Crippen molar-refractivity contribution in [2.75, 3.05) is 83.8 Å². The summed E-state index contributed by atoms with van der Waals surface area (Å²) in [6.07, 6.45) is 7.81. The third-order valence-corrected chi connectivity index (χ3v) is 29.3. The average Bonchev–Trinajstić information content (AvgIpc) is 0.772. The number of allylic oxidation sites excluding steroid dienone is 6. The van der Waals surface area contributed by atoms with Crippen molar-refractivity contribution in [3.63, 3.8) is 0 Å². The van der Waals surface area contributed by atoms with Gasteiger partial charge >= 0.3 is 5.97 Å². The summed E-state index contributed by atoms with van der Waals surface area (Å²) in [6.45, 7) is 42.7. The van der Waals surface area contributed by atoms with Gasteiger partial charge in [0, 0.05) is 114 Å². The lowest BCUT2D eigenvalue weighted by Gasteiger charge is -2.47. The Hall–Kier alpha value is -8.71. The van der Waals surface area contributed by atoms with Crippen LogP contribution < -0.4 is 16.0 Å². The van der Waals surface area contributed by atoms with Gasteiger partial charge in [0.2, 0.25) is 64.9 Å². The van der Waals surface area contributed by atoms with Crippen molar-refractivity contribution in [3.8, 4) is 0 Å². The number of ether oxygens (including phenoxy) is 5. The molecule has 2 bridgehead atoms. The molecule has 35 heteroatoms. The van der Waals surface area contributed by atoms with E-state index in [-0.39, 0.29) is 112 Å². The third-order valence-electron chi connectivity index (χ3n) is 29.3. The van der Waals surface area contributed by atoms with E-state index in [1.165, 1.54) is 107 Å². The first kappa shape index (κ1) is 126. The maximum Gasteiger partial charge on any atom is 0.329 e. The van der Waals surface area contributed by atoms with Crippen LogP contribution in [0.1, 0.15) is 268 Å². The molecule has 5 unspecified atom stereocenters. The van der Waals surface area contributed by atoms with Crippen LogP contribution in [0.5, 0.6) is 0 Å². The van der Waals surface area contributed by atoms with Crippen LogP contribution in [0.4, 0.5) is 0 Å². The Morgan fingerprint density at radius 1 is 0.570 bits per heavy atom. The molecule has 0 aromatic rings. The van der Waals surface area contributed by atoms with Crippen LogP contribution in [0, 0.1) is 76.9 Å². The zero-order valence-corrected chi connectivity index (χ0v) is 91.7. The number of carbonyl (C=O) groups excluding carboxylic acids is 15. The quantitative estimate of drug-likeness (QED) is 0.0302. The SMILES string of the molecule is C/C=C/C[C@@H](C)[C@@H](O)[C@H]1C(=O)N[C@@H](CC)C(=O)N(C)CC(=O)N(C)[C@@H](CC(C)C)C(=O)C[C@@H](C(C)C)C(=O)N(C)[C@@H](CC(C)C)C(=O)N[C@@H](C)C(=O)N[C@H](C)C(=O)N(C)[C@@H](CC(C)C)C(=O)N(C)[C@@H](CC(C)C)C(=O)N(C)C(C(C)C)C(=O)N1C.C=CCC1/C=C(\C)C[C@H](C)C[C@H](OC)C2O[C@@](O)(C(=O)C(=O)N3CCCC[C@H]3C(=O)OC(/C(C)=C/[C@@H]3CC[C@@H](O)[C@H](OC)C3)[C@H](C)C(O)CC1=O)[C@H](C)C[C@@H]2OC. The lowest BCUT2D eigenvalue weighted by atomic mass is 9.81. The number of cyclic esters (lactones) is 1. The van der Waals surface area contributed by atoms with E-state index in [4.69, 9.17) is 23.7 Å². The number of carbonyl (C=O) groups is 15. The van der Waals surface area contributed by atoms with Gasteiger partial charge in [0.1, 0.15) is 72.4 Å². The lowest BCUT2D eigenvalue weighted by Crippen LogP contribution is -2.64. The number of rotatable bonds is 22. The van der Waals surface area contributed by atoms with E-state index in [1.54, 1.807) is 81.6 Å². The summed E-state index contributed by atoms with van der Waals surface area (Å²) in [5.41, 5.74) is 1.61. The van der Waals surface area contributed by atoms with E-state index in [0.717, 1.165) is 15.4 Å². The number of aliphatic hydroxyl groups excluding tert-OH is 3. The highest BCUT2D eigenvalue weighted by molar-refractivity contribution is 6.39. The van der Waals surface area contributed by atoms with Crippen LogP contribution in [0.15, 0.2) is 48.1 Å². The van der Waals surface area contributed by atoms with Crippen molar-refractivity contribution in [2.45, 2.75) is 383 Å². The molecule has 4 aliphatic heterocycles.